The monoisotopic (exact) mass is 458 g/mol. The number of nitrogens with one attached hydrogen (secondary N) is 2. The Bertz CT molecular complexity index is 1320. The van der Waals surface area contributed by atoms with Crippen LogP contribution in [0.25, 0.3) is 0 Å². The van der Waals surface area contributed by atoms with Gasteiger partial charge in [-0.2, -0.15) is 0 Å². The van der Waals surface area contributed by atoms with E-state index in [1.165, 1.54) is 18.2 Å². The predicted molar refractivity (Wildman–Crippen MR) is 129 cm³/mol. The van der Waals surface area contributed by atoms with Crippen LogP contribution in [0.1, 0.15) is 15.9 Å². The first kappa shape index (κ1) is 22.1. The summed E-state index contributed by atoms with van der Waals surface area (Å²) < 4.78 is 33.3. The summed E-state index contributed by atoms with van der Waals surface area (Å²) in [6, 6.07) is 31.3. The van der Waals surface area contributed by atoms with Gasteiger partial charge in [0.25, 0.3) is 15.9 Å². The molecule has 0 saturated carbocycles. The normalized spacial score (nSPS) is 10.9. The molecule has 0 aliphatic rings. The Morgan fingerprint density at radius 1 is 0.727 bits per heavy atom. The van der Waals surface area contributed by atoms with Crippen molar-refractivity contribution in [3.63, 3.8) is 0 Å². The Hall–Kier alpha value is -4.10. The number of benzene rings is 4. The highest BCUT2D eigenvalue weighted by molar-refractivity contribution is 7.92. The van der Waals surface area contributed by atoms with E-state index in [2.05, 4.69) is 10.0 Å². The molecular weight excluding hydrogens is 436 g/mol. The summed E-state index contributed by atoms with van der Waals surface area (Å²) in [6.45, 7) is 0.457. The van der Waals surface area contributed by atoms with Crippen molar-refractivity contribution < 1.29 is 17.9 Å². The number of carbonyl (C=O) groups excluding carboxylic acids is 1. The molecule has 4 rings (SSSR count). The van der Waals surface area contributed by atoms with Crippen LogP contribution in [0.4, 0.5) is 11.4 Å². The van der Waals surface area contributed by atoms with E-state index in [4.69, 9.17) is 4.74 Å². The number of sulfonamides is 1. The molecule has 0 atom stereocenters. The maximum atomic E-state index is 12.7. The number of hydrogen-bond donors (Lipinski definition) is 2. The number of carbonyl (C=O) groups is 1. The third kappa shape index (κ3) is 5.99. The second kappa shape index (κ2) is 10.0. The van der Waals surface area contributed by atoms with Gasteiger partial charge < -0.3 is 10.1 Å². The molecule has 2 N–H and O–H groups in total. The van der Waals surface area contributed by atoms with Crippen molar-refractivity contribution >= 4 is 27.3 Å². The maximum Gasteiger partial charge on any atom is 0.261 e. The van der Waals surface area contributed by atoms with Gasteiger partial charge in [0.15, 0.2) is 0 Å². The average molecular weight is 459 g/mol. The van der Waals surface area contributed by atoms with Gasteiger partial charge in [-0.05, 0) is 60.2 Å². The highest BCUT2D eigenvalue weighted by atomic mass is 32.2. The van der Waals surface area contributed by atoms with Crippen LogP contribution in [-0.4, -0.2) is 14.3 Å². The van der Waals surface area contributed by atoms with E-state index >= 15 is 0 Å². The lowest BCUT2D eigenvalue weighted by Gasteiger charge is -2.11. The molecule has 0 radical (unpaired) electrons. The summed E-state index contributed by atoms with van der Waals surface area (Å²) in [6.07, 6.45) is 0. The van der Waals surface area contributed by atoms with Gasteiger partial charge >= 0.3 is 0 Å². The van der Waals surface area contributed by atoms with Crippen molar-refractivity contribution in [3.8, 4) is 5.75 Å². The number of ether oxygens (including phenoxy) is 1. The van der Waals surface area contributed by atoms with Gasteiger partial charge in [-0.25, -0.2) is 8.42 Å². The fraction of sp³-hybridized carbons (Fsp3) is 0.0385. The van der Waals surface area contributed by atoms with Crippen molar-refractivity contribution in [2.75, 3.05) is 10.0 Å². The Morgan fingerprint density at radius 2 is 1.39 bits per heavy atom. The van der Waals surface area contributed by atoms with Crippen LogP contribution >= 0.6 is 0 Å². The number of anilines is 2. The highest BCUT2D eigenvalue weighted by Gasteiger charge is 2.15. The Morgan fingerprint density at radius 3 is 2.09 bits per heavy atom. The van der Waals surface area contributed by atoms with Crippen LogP contribution in [0.5, 0.6) is 5.75 Å². The number of rotatable bonds is 8. The summed E-state index contributed by atoms with van der Waals surface area (Å²) in [5.74, 6) is 0.336. The molecule has 7 heteroatoms. The summed E-state index contributed by atoms with van der Waals surface area (Å²) in [4.78, 5) is 12.8. The fourth-order valence-electron chi connectivity index (χ4n) is 3.12. The Kier molecular flexibility index (Phi) is 6.71. The second-order valence-electron chi connectivity index (χ2n) is 7.25. The number of amides is 1. The van der Waals surface area contributed by atoms with E-state index in [-0.39, 0.29) is 10.8 Å². The van der Waals surface area contributed by atoms with Gasteiger partial charge in [0, 0.05) is 16.9 Å². The molecule has 0 aromatic heterocycles. The van der Waals surface area contributed by atoms with Gasteiger partial charge in [-0.3, -0.25) is 9.52 Å². The fourth-order valence-corrected chi connectivity index (χ4v) is 4.19. The summed E-state index contributed by atoms with van der Waals surface area (Å²) in [7, 11) is -3.74. The van der Waals surface area contributed by atoms with Crippen LogP contribution in [0.3, 0.4) is 0 Å². The van der Waals surface area contributed by atoms with E-state index < -0.39 is 10.0 Å². The van der Waals surface area contributed by atoms with Crippen molar-refractivity contribution in [2.45, 2.75) is 11.5 Å². The molecule has 0 aliphatic carbocycles. The van der Waals surface area contributed by atoms with Gasteiger partial charge in [0.05, 0.1) is 4.90 Å². The molecule has 0 heterocycles. The van der Waals surface area contributed by atoms with E-state index in [1.807, 2.05) is 30.3 Å². The molecule has 4 aromatic carbocycles. The van der Waals surface area contributed by atoms with E-state index in [0.29, 0.717) is 29.3 Å². The minimum Gasteiger partial charge on any atom is -0.489 e. The molecule has 1 amide bonds. The topological polar surface area (TPSA) is 84.5 Å². The zero-order valence-electron chi connectivity index (χ0n) is 17.6. The molecule has 33 heavy (non-hydrogen) atoms. The molecule has 0 bridgehead atoms. The molecule has 6 nitrogen and oxygen atoms in total. The first-order valence-corrected chi connectivity index (χ1v) is 11.7. The summed E-state index contributed by atoms with van der Waals surface area (Å²) in [5, 5.41) is 2.81. The standard InChI is InChI=1S/C26H22N2O4S/c29-26(27-22-14-16-24(17-15-22)32-19-20-8-3-1-4-9-20)21-10-7-11-23(18-21)28-33(30,31)25-12-5-2-6-13-25/h1-18,28H,19H2,(H,27,29). The molecule has 0 spiro atoms. The molecule has 0 fully saturated rings. The third-order valence-corrected chi connectivity index (χ3v) is 6.19. The zero-order valence-corrected chi connectivity index (χ0v) is 18.5. The first-order valence-electron chi connectivity index (χ1n) is 10.3. The first-order chi connectivity index (χ1) is 16.0. The molecule has 166 valence electrons. The average Bonchev–Trinajstić information content (AvgIpc) is 2.85. The second-order valence-corrected chi connectivity index (χ2v) is 8.93. The molecule has 0 saturated heterocycles. The van der Waals surface area contributed by atoms with Crippen LogP contribution in [-0.2, 0) is 16.6 Å². The van der Waals surface area contributed by atoms with Crippen LogP contribution in [0.15, 0.2) is 114 Å². The van der Waals surface area contributed by atoms with E-state index in [9.17, 15) is 13.2 Å². The minimum atomic E-state index is -3.74. The van der Waals surface area contributed by atoms with Crippen molar-refractivity contribution in [2.24, 2.45) is 0 Å². The van der Waals surface area contributed by atoms with Gasteiger partial charge in [-0.15, -0.1) is 0 Å². The Balaban J connectivity index is 1.38. The van der Waals surface area contributed by atoms with Gasteiger partial charge in [0.1, 0.15) is 12.4 Å². The van der Waals surface area contributed by atoms with Crippen molar-refractivity contribution in [1.29, 1.82) is 0 Å². The van der Waals surface area contributed by atoms with Crippen LogP contribution in [0, 0.1) is 0 Å². The lowest BCUT2D eigenvalue weighted by Crippen LogP contribution is -2.15. The number of hydrogen-bond acceptors (Lipinski definition) is 4. The predicted octanol–water partition coefficient (Wildman–Crippen LogP) is 5.32. The zero-order chi connectivity index (χ0) is 23.1. The lowest BCUT2D eigenvalue weighted by molar-refractivity contribution is 0.102. The molecular formula is C26H22N2O4S. The minimum absolute atomic E-state index is 0.148. The smallest absolute Gasteiger partial charge is 0.261 e. The van der Waals surface area contributed by atoms with Gasteiger partial charge in [-0.1, -0.05) is 54.6 Å². The molecule has 0 aliphatic heterocycles. The van der Waals surface area contributed by atoms with Crippen LogP contribution in [0.2, 0.25) is 0 Å². The maximum absolute atomic E-state index is 12.7. The lowest BCUT2D eigenvalue weighted by atomic mass is 10.2. The summed E-state index contributed by atoms with van der Waals surface area (Å²) in [5.41, 5.74) is 2.30. The van der Waals surface area contributed by atoms with Crippen molar-refractivity contribution in [3.05, 3.63) is 120 Å². The quantitative estimate of drug-likeness (QED) is 0.374. The SMILES string of the molecule is O=C(Nc1ccc(OCc2ccccc2)cc1)c1cccc(NS(=O)(=O)c2ccccc2)c1. The van der Waals surface area contributed by atoms with E-state index in [0.717, 1.165) is 5.56 Å². The summed E-state index contributed by atoms with van der Waals surface area (Å²) >= 11 is 0. The Labute approximate surface area is 192 Å². The van der Waals surface area contributed by atoms with Crippen LogP contribution < -0.4 is 14.8 Å². The van der Waals surface area contributed by atoms with E-state index in [1.54, 1.807) is 60.7 Å². The van der Waals surface area contributed by atoms with Gasteiger partial charge in [0.2, 0.25) is 0 Å². The molecule has 0 unspecified atom stereocenters. The molecule has 4 aromatic rings. The highest BCUT2D eigenvalue weighted by Crippen LogP contribution is 2.20. The largest absolute Gasteiger partial charge is 0.489 e. The third-order valence-electron chi connectivity index (χ3n) is 4.79. The van der Waals surface area contributed by atoms with Crippen molar-refractivity contribution in [1.82, 2.24) is 0 Å².